The van der Waals surface area contributed by atoms with Gasteiger partial charge < -0.3 is 14.9 Å². The molecule has 1 heterocycles. The van der Waals surface area contributed by atoms with E-state index in [1.54, 1.807) is 6.07 Å². The lowest BCUT2D eigenvalue weighted by atomic mass is 9.93. The normalized spacial score (nSPS) is 22.8. The van der Waals surface area contributed by atoms with Gasteiger partial charge in [0.05, 0.1) is 5.92 Å². The number of carbonyl (C=O) groups is 2. The van der Waals surface area contributed by atoms with Crippen molar-refractivity contribution in [1.82, 2.24) is 10.5 Å². The van der Waals surface area contributed by atoms with Gasteiger partial charge in [-0.1, -0.05) is 25.9 Å². The minimum absolute atomic E-state index is 0.0987. The smallest absolute Gasteiger partial charge is 0.306 e. The van der Waals surface area contributed by atoms with Crippen LogP contribution in [0, 0.1) is 5.92 Å². The van der Waals surface area contributed by atoms with Crippen molar-refractivity contribution in [2.75, 3.05) is 0 Å². The SMILES string of the molecule is CC(C)(C)c1cc(C(=O)N[C@@H]2CC[C@H](C(=O)O)C2)no1. The van der Waals surface area contributed by atoms with Gasteiger partial charge in [0.2, 0.25) is 0 Å². The van der Waals surface area contributed by atoms with E-state index in [-0.39, 0.29) is 29.0 Å². The minimum atomic E-state index is -0.793. The van der Waals surface area contributed by atoms with E-state index in [1.165, 1.54) is 0 Å². The van der Waals surface area contributed by atoms with Crippen molar-refractivity contribution in [3.8, 4) is 0 Å². The zero-order valence-electron chi connectivity index (χ0n) is 12.0. The number of nitrogens with zero attached hydrogens (tertiary/aromatic N) is 1. The molecular weight excluding hydrogens is 260 g/mol. The van der Waals surface area contributed by atoms with E-state index >= 15 is 0 Å². The molecule has 2 rings (SSSR count). The number of aliphatic carboxylic acids is 1. The molecule has 20 heavy (non-hydrogen) atoms. The van der Waals surface area contributed by atoms with Gasteiger partial charge >= 0.3 is 5.97 Å². The van der Waals surface area contributed by atoms with Gasteiger partial charge in [-0.15, -0.1) is 0 Å². The van der Waals surface area contributed by atoms with Crippen LogP contribution in [-0.2, 0) is 10.2 Å². The molecule has 0 spiro atoms. The highest BCUT2D eigenvalue weighted by Crippen LogP contribution is 2.26. The fourth-order valence-corrected chi connectivity index (χ4v) is 2.33. The molecule has 0 unspecified atom stereocenters. The second kappa shape index (κ2) is 5.26. The zero-order valence-corrected chi connectivity index (χ0v) is 12.0. The summed E-state index contributed by atoms with van der Waals surface area (Å²) in [5.41, 5.74) is 0.0431. The van der Waals surface area contributed by atoms with E-state index in [1.807, 2.05) is 20.8 Å². The highest BCUT2D eigenvalue weighted by Gasteiger charge is 2.31. The van der Waals surface area contributed by atoms with Crippen LogP contribution in [0.3, 0.4) is 0 Å². The second-order valence-corrected chi connectivity index (χ2v) is 6.35. The summed E-state index contributed by atoms with van der Waals surface area (Å²) in [6.07, 6.45) is 1.77. The lowest BCUT2D eigenvalue weighted by Crippen LogP contribution is -2.33. The molecule has 2 atom stereocenters. The van der Waals surface area contributed by atoms with Crippen molar-refractivity contribution in [2.45, 2.75) is 51.5 Å². The molecule has 0 bridgehead atoms. The van der Waals surface area contributed by atoms with Gasteiger partial charge in [0, 0.05) is 17.5 Å². The first-order valence-corrected chi connectivity index (χ1v) is 6.78. The molecule has 1 amide bonds. The maximum Gasteiger partial charge on any atom is 0.306 e. The van der Waals surface area contributed by atoms with Crippen LogP contribution >= 0.6 is 0 Å². The third kappa shape index (κ3) is 3.18. The number of carboxylic acid groups (broad SMARTS) is 1. The molecule has 6 nitrogen and oxygen atoms in total. The van der Waals surface area contributed by atoms with E-state index in [2.05, 4.69) is 10.5 Å². The van der Waals surface area contributed by atoms with Crippen LogP contribution in [0.25, 0.3) is 0 Å². The van der Waals surface area contributed by atoms with Gasteiger partial charge in [0.15, 0.2) is 5.69 Å². The largest absolute Gasteiger partial charge is 0.481 e. The fourth-order valence-electron chi connectivity index (χ4n) is 2.33. The molecule has 1 fully saturated rings. The van der Waals surface area contributed by atoms with Gasteiger partial charge in [-0.2, -0.15) is 0 Å². The first-order valence-electron chi connectivity index (χ1n) is 6.78. The number of nitrogens with one attached hydrogen (secondary N) is 1. The number of rotatable bonds is 3. The summed E-state index contributed by atoms with van der Waals surface area (Å²) in [4.78, 5) is 22.9. The molecule has 110 valence electrons. The number of amides is 1. The number of carboxylic acids is 1. The summed E-state index contributed by atoms with van der Waals surface area (Å²) in [5, 5.41) is 15.5. The summed E-state index contributed by atoms with van der Waals surface area (Å²) in [5.74, 6) is -0.807. The number of aromatic nitrogens is 1. The van der Waals surface area contributed by atoms with Crippen LogP contribution in [0.5, 0.6) is 0 Å². The molecule has 6 heteroatoms. The highest BCUT2D eigenvalue weighted by molar-refractivity contribution is 5.92. The van der Waals surface area contributed by atoms with Crippen molar-refractivity contribution in [2.24, 2.45) is 5.92 Å². The fraction of sp³-hybridized carbons (Fsp3) is 0.643. The molecule has 0 aromatic carbocycles. The molecule has 1 aliphatic carbocycles. The summed E-state index contributed by atoms with van der Waals surface area (Å²) >= 11 is 0. The lowest BCUT2D eigenvalue weighted by Gasteiger charge is -2.12. The van der Waals surface area contributed by atoms with Gasteiger partial charge in [-0.3, -0.25) is 9.59 Å². The molecule has 0 saturated heterocycles. The van der Waals surface area contributed by atoms with Crippen molar-refractivity contribution >= 4 is 11.9 Å². The molecule has 1 aliphatic rings. The quantitative estimate of drug-likeness (QED) is 0.882. The number of carbonyl (C=O) groups excluding carboxylic acids is 1. The van der Waals surface area contributed by atoms with Gasteiger partial charge in [-0.05, 0) is 19.3 Å². The first kappa shape index (κ1) is 14.6. The van der Waals surface area contributed by atoms with Crippen LogP contribution in [0.4, 0.5) is 0 Å². The monoisotopic (exact) mass is 280 g/mol. The second-order valence-electron chi connectivity index (χ2n) is 6.35. The Hall–Kier alpha value is -1.85. The number of hydrogen-bond acceptors (Lipinski definition) is 4. The minimum Gasteiger partial charge on any atom is -0.481 e. The topological polar surface area (TPSA) is 92.4 Å². The zero-order chi connectivity index (χ0) is 14.9. The predicted octanol–water partition coefficient (Wildman–Crippen LogP) is 1.96. The molecule has 0 aliphatic heterocycles. The summed E-state index contributed by atoms with van der Waals surface area (Å²) in [7, 11) is 0. The van der Waals surface area contributed by atoms with E-state index in [9.17, 15) is 9.59 Å². The number of hydrogen-bond donors (Lipinski definition) is 2. The Labute approximate surface area is 117 Å². The van der Waals surface area contributed by atoms with Crippen LogP contribution in [0.2, 0.25) is 0 Å². The summed E-state index contributed by atoms with van der Waals surface area (Å²) < 4.78 is 5.17. The molecule has 1 aromatic heterocycles. The summed E-state index contributed by atoms with van der Waals surface area (Å²) in [6, 6.07) is 1.54. The van der Waals surface area contributed by atoms with Gasteiger partial charge in [0.25, 0.3) is 5.91 Å². The first-order chi connectivity index (χ1) is 9.27. The van der Waals surface area contributed by atoms with Gasteiger partial charge in [-0.25, -0.2) is 0 Å². The molecule has 1 saturated carbocycles. The predicted molar refractivity (Wildman–Crippen MR) is 71.4 cm³/mol. The molecule has 0 radical (unpaired) electrons. The van der Waals surface area contributed by atoms with Crippen LogP contribution in [-0.4, -0.2) is 28.2 Å². The molecule has 1 aromatic rings. The maximum atomic E-state index is 12.0. The Bertz CT molecular complexity index is 515. The Morgan fingerprint density at radius 2 is 2.10 bits per heavy atom. The van der Waals surface area contributed by atoms with Crippen LogP contribution in [0.15, 0.2) is 10.6 Å². The Morgan fingerprint density at radius 3 is 2.60 bits per heavy atom. The van der Waals surface area contributed by atoms with Gasteiger partial charge in [0.1, 0.15) is 5.76 Å². The lowest BCUT2D eigenvalue weighted by molar-refractivity contribution is -0.141. The summed E-state index contributed by atoms with van der Waals surface area (Å²) in [6.45, 7) is 5.93. The average molecular weight is 280 g/mol. The third-order valence-corrected chi connectivity index (χ3v) is 3.60. The van der Waals surface area contributed by atoms with Crippen molar-refractivity contribution < 1.29 is 19.2 Å². The molecular formula is C14H20N2O4. The van der Waals surface area contributed by atoms with E-state index in [0.717, 1.165) is 0 Å². The van der Waals surface area contributed by atoms with E-state index in [0.29, 0.717) is 25.0 Å². The van der Waals surface area contributed by atoms with Crippen LogP contribution in [0.1, 0.15) is 56.3 Å². The van der Waals surface area contributed by atoms with Crippen molar-refractivity contribution in [1.29, 1.82) is 0 Å². The van der Waals surface area contributed by atoms with E-state index < -0.39 is 5.97 Å². The third-order valence-electron chi connectivity index (χ3n) is 3.60. The standard InChI is InChI=1S/C14H20N2O4/c1-14(2,3)11-7-10(16-20-11)12(17)15-9-5-4-8(6-9)13(18)19/h7-9H,4-6H2,1-3H3,(H,15,17)(H,18,19)/t8-,9+/m0/s1. The average Bonchev–Trinajstić information content (AvgIpc) is 2.95. The Kier molecular flexibility index (Phi) is 3.83. The van der Waals surface area contributed by atoms with Crippen molar-refractivity contribution in [3.05, 3.63) is 17.5 Å². The Balaban J connectivity index is 1.96. The Morgan fingerprint density at radius 1 is 1.40 bits per heavy atom. The van der Waals surface area contributed by atoms with Crippen molar-refractivity contribution in [3.63, 3.8) is 0 Å². The maximum absolute atomic E-state index is 12.0. The van der Waals surface area contributed by atoms with Crippen LogP contribution < -0.4 is 5.32 Å². The highest BCUT2D eigenvalue weighted by atomic mass is 16.5. The van der Waals surface area contributed by atoms with E-state index in [4.69, 9.17) is 9.63 Å². The molecule has 2 N–H and O–H groups in total.